The van der Waals surface area contributed by atoms with Gasteiger partial charge in [0.05, 0.1) is 18.3 Å². The number of aliphatic imine (C=N–C) groups is 1. The van der Waals surface area contributed by atoms with Gasteiger partial charge in [0.25, 0.3) is 0 Å². The first-order valence-corrected chi connectivity index (χ1v) is 3.23. The van der Waals surface area contributed by atoms with Crippen LogP contribution in [0.4, 0.5) is 0 Å². The third-order valence-electron chi connectivity index (χ3n) is 1.11. The number of hydrogen-bond acceptors (Lipinski definition) is 4. The highest BCUT2D eigenvalue weighted by Gasteiger charge is 2.12. The summed E-state index contributed by atoms with van der Waals surface area (Å²) in [6.07, 6.45) is 0.0699. The van der Waals surface area contributed by atoms with E-state index in [1.807, 2.05) is 0 Å². The van der Waals surface area contributed by atoms with Crippen molar-refractivity contribution in [1.82, 2.24) is 5.32 Å². The maximum absolute atomic E-state index is 5.16. The maximum atomic E-state index is 5.16. The molecule has 0 aliphatic carbocycles. The second-order valence-electron chi connectivity index (χ2n) is 1.75. The van der Waals surface area contributed by atoms with Crippen LogP contribution in [0, 0.1) is 0 Å². The zero-order valence-corrected chi connectivity index (χ0v) is 5.78. The van der Waals surface area contributed by atoms with E-state index in [-0.39, 0.29) is 6.23 Å². The Morgan fingerprint density at radius 3 is 3.33 bits per heavy atom. The summed E-state index contributed by atoms with van der Waals surface area (Å²) in [5, 5.41) is 5.37. The molecule has 1 N–H and O–H groups in total. The van der Waals surface area contributed by atoms with Crippen molar-refractivity contribution >= 4 is 17.4 Å². The minimum atomic E-state index is 0.0699. The highest BCUT2D eigenvalue weighted by Crippen LogP contribution is 1.93. The van der Waals surface area contributed by atoms with Gasteiger partial charge in [0, 0.05) is 6.54 Å². The van der Waals surface area contributed by atoms with E-state index in [1.54, 1.807) is 0 Å². The lowest BCUT2D eigenvalue weighted by molar-refractivity contribution is 0.109. The molecule has 1 unspecified atom stereocenters. The molecule has 3 nitrogen and oxygen atoms in total. The van der Waals surface area contributed by atoms with Crippen LogP contribution in [-0.2, 0) is 4.74 Å². The van der Waals surface area contributed by atoms with Gasteiger partial charge >= 0.3 is 0 Å². The molecule has 1 fully saturated rings. The van der Waals surface area contributed by atoms with Gasteiger partial charge in [-0.2, -0.15) is 0 Å². The Morgan fingerprint density at radius 1 is 1.89 bits per heavy atom. The molecule has 0 aromatic rings. The predicted molar refractivity (Wildman–Crippen MR) is 37.6 cm³/mol. The molecule has 1 aliphatic heterocycles. The molecule has 9 heavy (non-hydrogen) atoms. The van der Waals surface area contributed by atoms with Crippen molar-refractivity contribution in [2.45, 2.75) is 6.23 Å². The molecule has 4 heteroatoms. The SMILES string of the molecule is S=C=NCC1NCCO1. The van der Waals surface area contributed by atoms with Crippen molar-refractivity contribution in [2.24, 2.45) is 4.99 Å². The topological polar surface area (TPSA) is 33.6 Å². The van der Waals surface area contributed by atoms with Crippen molar-refractivity contribution in [3.05, 3.63) is 0 Å². The number of nitrogens with zero attached hydrogens (tertiary/aromatic N) is 1. The Balaban J connectivity index is 2.18. The normalized spacial score (nSPS) is 25.6. The smallest absolute Gasteiger partial charge is 0.128 e. The van der Waals surface area contributed by atoms with Crippen LogP contribution in [0.1, 0.15) is 0 Å². The molecule has 0 bridgehead atoms. The number of isothiocyanates is 1. The third-order valence-corrected chi connectivity index (χ3v) is 1.24. The Labute approximate surface area is 59.1 Å². The molecule has 1 atom stereocenters. The first kappa shape index (κ1) is 6.83. The molecule has 1 saturated heterocycles. The lowest BCUT2D eigenvalue weighted by Crippen LogP contribution is -2.25. The fraction of sp³-hybridized carbons (Fsp3) is 0.800. The standard InChI is InChI=1S/C5H8N2OS/c9-4-6-3-5-7-1-2-8-5/h5,7H,1-3H2. The molecule has 50 valence electrons. The van der Waals surface area contributed by atoms with E-state index in [0.29, 0.717) is 6.54 Å². The third kappa shape index (κ3) is 2.20. The van der Waals surface area contributed by atoms with Gasteiger partial charge in [-0.15, -0.1) is 0 Å². The molecule has 0 amide bonds. The lowest BCUT2D eigenvalue weighted by atomic mass is 10.6. The van der Waals surface area contributed by atoms with Gasteiger partial charge in [-0.3, -0.25) is 5.32 Å². The van der Waals surface area contributed by atoms with E-state index in [9.17, 15) is 0 Å². The average Bonchev–Trinajstić information content (AvgIpc) is 2.34. The largest absolute Gasteiger partial charge is 0.360 e. The number of hydrogen-bond donors (Lipinski definition) is 1. The van der Waals surface area contributed by atoms with E-state index in [4.69, 9.17) is 4.74 Å². The van der Waals surface area contributed by atoms with Crippen LogP contribution in [0.15, 0.2) is 4.99 Å². The summed E-state index contributed by atoms with van der Waals surface area (Å²) in [6.45, 7) is 2.28. The fourth-order valence-electron chi connectivity index (χ4n) is 0.717. The van der Waals surface area contributed by atoms with Crippen LogP contribution in [0.3, 0.4) is 0 Å². The summed E-state index contributed by atoms with van der Waals surface area (Å²) in [5.41, 5.74) is 0. The van der Waals surface area contributed by atoms with Crippen LogP contribution in [0.5, 0.6) is 0 Å². The second kappa shape index (κ2) is 3.69. The quantitative estimate of drug-likeness (QED) is 0.438. The summed E-state index contributed by atoms with van der Waals surface area (Å²) in [6, 6.07) is 0. The molecule has 0 spiro atoms. The van der Waals surface area contributed by atoms with Crippen LogP contribution in [-0.4, -0.2) is 31.1 Å². The summed E-state index contributed by atoms with van der Waals surface area (Å²) < 4.78 is 5.16. The monoisotopic (exact) mass is 144 g/mol. The number of rotatable bonds is 2. The van der Waals surface area contributed by atoms with Gasteiger partial charge in [0.1, 0.15) is 6.23 Å². The van der Waals surface area contributed by atoms with Crippen molar-refractivity contribution in [3.63, 3.8) is 0 Å². The molecular formula is C5H8N2OS. The van der Waals surface area contributed by atoms with E-state index in [2.05, 4.69) is 27.7 Å². The Bertz CT molecular complexity index is 127. The van der Waals surface area contributed by atoms with Crippen LogP contribution in [0.25, 0.3) is 0 Å². The number of ether oxygens (including phenoxy) is 1. The summed E-state index contributed by atoms with van der Waals surface area (Å²) >= 11 is 4.39. The number of nitrogens with one attached hydrogen (secondary N) is 1. The van der Waals surface area contributed by atoms with E-state index >= 15 is 0 Å². The molecule has 0 saturated carbocycles. The van der Waals surface area contributed by atoms with Crippen molar-refractivity contribution in [1.29, 1.82) is 0 Å². The van der Waals surface area contributed by atoms with Crippen LogP contribution < -0.4 is 5.32 Å². The molecule has 0 radical (unpaired) electrons. The zero-order valence-electron chi connectivity index (χ0n) is 4.96. The molecule has 0 aromatic carbocycles. The van der Waals surface area contributed by atoms with E-state index in [0.717, 1.165) is 13.2 Å². The molecule has 1 rings (SSSR count). The van der Waals surface area contributed by atoms with Gasteiger partial charge in [-0.25, -0.2) is 4.99 Å². The Kier molecular flexibility index (Phi) is 2.80. The fourth-order valence-corrected chi connectivity index (χ4v) is 0.792. The number of thiocarbonyl (C=S) groups is 1. The molecule has 0 aromatic heterocycles. The lowest BCUT2D eigenvalue weighted by Gasteiger charge is -2.02. The summed E-state index contributed by atoms with van der Waals surface area (Å²) in [7, 11) is 0. The van der Waals surface area contributed by atoms with Crippen molar-refractivity contribution in [2.75, 3.05) is 19.7 Å². The average molecular weight is 144 g/mol. The van der Waals surface area contributed by atoms with Gasteiger partial charge in [-0.05, 0) is 12.2 Å². The maximum Gasteiger partial charge on any atom is 0.128 e. The highest BCUT2D eigenvalue weighted by atomic mass is 32.1. The van der Waals surface area contributed by atoms with Gasteiger partial charge < -0.3 is 4.74 Å². The minimum absolute atomic E-state index is 0.0699. The summed E-state index contributed by atoms with van der Waals surface area (Å²) in [4.78, 5) is 3.73. The van der Waals surface area contributed by atoms with Crippen LogP contribution >= 0.6 is 12.2 Å². The predicted octanol–water partition coefficient (Wildman–Crippen LogP) is 0.0351. The molecule has 1 aliphatic rings. The van der Waals surface area contributed by atoms with E-state index < -0.39 is 0 Å². The Hall–Kier alpha value is -0.280. The van der Waals surface area contributed by atoms with Crippen molar-refractivity contribution in [3.8, 4) is 0 Å². The molecule has 1 heterocycles. The van der Waals surface area contributed by atoms with Crippen molar-refractivity contribution < 1.29 is 4.74 Å². The van der Waals surface area contributed by atoms with E-state index in [1.165, 1.54) is 0 Å². The second-order valence-corrected chi connectivity index (χ2v) is 1.93. The van der Waals surface area contributed by atoms with Gasteiger partial charge in [-0.1, -0.05) is 0 Å². The first-order chi connectivity index (χ1) is 4.43. The minimum Gasteiger partial charge on any atom is -0.360 e. The van der Waals surface area contributed by atoms with Gasteiger partial charge in [0.2, 0.25) is 0 Å². The first-order valence-electron chi connectivity index (χ1n) is 2.82. The van der Waals surface area contributed by atoms with Crippen LogP contribution in [0.2, 0.25) is 0 Å². The Morgan fingerprint density at radius 2 is 2.78 bits per heavy atom. The zero-order chi connectivity index (χ0) is 6.53. The van der Waals surface area contributed by atoms with Gasteiger partial charge in [0.15, 0.2) is 0 Å². The summed E-state index contributed by atoms with van der Waals surface area (Å²) in [5.74, 6) is 0. The molecular weight excluding hydrogens is 136 g/mol. The highest BCUT2D eigenvalue weighted by molar-refractivity contribution is 7.78.